The number of carboxylic acids is 1. The Kier molecular flexibility index (Phi) is 33.7. The lowest BCUT2D eigenvalue weighted by molar-refractivity contribution is -0.150. The van der Waals surface area contributed by atoms with Crippen LogP contribution in [-0.2, 0) is 19.1 Å². The van der Waals surface area contributed by atoms with Crippen molar-refractivity contribution < 1.29 is 34.4 Å². The van der Waals surface area contributed by atoms with Crippen molar-refractivity contribution in [3.05, 3.63) is 0 Å². The molecule has 0 radical (unpaired) electrons. The minimum Gasteiger partial charge on any atom is -0.480 e. The molecule has 0 aromatic heterocycles. The Balaban J connectivity index is 0. The van der Waals surface area contributed by atoms with Crippen molar-refractivity contribution >= 4 is 23.8 Å². The number of rotatable bonds is 30. The van der Waals surface area contributed by atoms with Crippen molar-refractivity contribution in [3.8, 4) is 0 Å². The van der Waals surface area contributed by atoms with Crippen LogP contribution in [0.4, 0.5) is 0 Å². The molecule has 0 bridgehead atoms. The first-order valence-corrected chi connectivity index (χ1v) is 18.2. The van der Waals surface area contributed by atoms with Crippen molar-refractivity contribution in [2.45, 2.75) is 174 Å². The third-order valence-corrected chi connectivity index (χ3v) is 7.88. The molecule has 1 unspecified atom stereocenters. The van der Waals surface area contributed by atoms with Crippen LogP contribution in [-0.4, -0.2) is 82.5 Å². The van der Waals surface area contributed by atoms with Crippen molar-refractivity contribution in [3.63, 3.8) is 0 Å². The van der Waals surface area contributed by atoms with Gasteiger partial charge in [-0.1, -0.05) is 117 Å². The van der Waals surface area contributed by atoms with Gasteiger partial charge in [0.25, 0.3) is 0 Å². The number of aliphatic hydroxyl groups is 2. The standard InChI is InChI=1S/C20H40N4O3.C15H30O4/c1-3-5-6-7-8-9-10-11-12-15-18(25)24(4-2)17(19(26)27)14-13-16-23-20(21)22;1-2-3-4-5-6-7-8-9-10-11-15(18)19-13-14(17)12-16/h17H,3-16H2,1-2H3,(H,26,27)(H4,21,22,23);14,16-17H,2-13H2,1H3/t17-;/m0./s1. The third kappa shape index (κ3) is 30.3. The van der Waals surface area contributed by atoms with Crippen LogP contribution in [0.3, 0.4) is 0 Å². The van der Waals surface area contributed by atoms with E-state index in [2.05, 4.69) is 18.8 Å². The monoisotopic (exact) mass is 659 g/mol. The predicted molar refractivity (Wildman–Crippen MR) is 186 cm³/mol. The van der Waals surface area contributed by atoms with Crippen LogP contribution >= 0.6 is 0 Å². The fourth-order valence-corrected chi connectivity index (χ4v) is 5.10. The molecule has 0 saturated carbocycles. The number of aliphatic imine (C=N–C) groups is 1. The molecule has 0 fully saturated rings. The molecule has 46 heavy (non-hydrogen) atoms. The Morgan fingerprint density at radius 2 is 1.17 bits per heavy atom. The first-order chi connectivity index (χ1) is 22.1. The summed E-state index contributed by atoms with van der Waals surface area (Å²) in [6.45, 7) is 6.55. The second-order valence-electron chi connectivity index (χ2n) is 12.2. The first-order valence-electron chi connectivity index (χ1n) is 18.2. The lowest BCUT2D eigenvalue weighted by Gasteiger charge is -2.28. The predicted octanol–water partition coefficient (Wildman–Crippen LogP) is 6.07. The molecule has 0 aromatic carbocycles. The number of esters is 1. The summed E-state index contributed by atoms with van der Waals surface area (Å²) in [5, 5.41) is 27.1. The maximum atomic E-state index is 12.5. The van der Waals surface area contributed by atoms with Crippen molar-refractivity contribution in [2.24, 2.45) is 16.5 Å². The number of aliphatic hydroxyl groups excluding tert-OH is 2. The number of carbonyl (C=O) groups excluding carboxylic acids is 2. The summed E-state index contributed by atoms with van der Waals surface area (Å²) in [5.74, 6) is -1.33. The van der Waals surface area contributed by atoms with E-state index in [4.69, 9.17) is 26.4 Å². The average molecular weight is 659 g/mol. The topological polar surface area (TPSA) is 189 Å². The number of ether oxygens (including phenoxy) is 1. The third-order valence-electron chi connectivity index (χ3n) is 7.88. The van der Waals surface area contributed by atoms with Gasteiger partial charge in [0.15, 0.2) is 5.96 Å². The lowest BCUT2D eigenvalue weighted by Crippen LogP contribution is -2.45. The number of guanidine groups is 1. The molecule has 272 valence electrons. The summed E-state index contributed by atoms with van der Waals surface area (Å²) in [7, 11) is 0. The molecule has 0 aliphatic carbocycles. The largest absolute Gasteiger partial charge is 0.480 e. The number of hydrogen-bond donors (Lipinski definition) is 5. The van der Waals surface area contributed by atoms with E-state index in [1.165, 1.54) is 88.4 Å². The van der Waals surface area contributed by atoms with E-state index in [1.54, 1.807) is 0 Å². The number of likely N-dealkylation sites (N-methyl/N-ethyl adjacent to an activating group) is 1. The van der Waals surface area contributed by atoms with Crippen molar-refractivity contribution in [1.82, 2.24) is 4.90 Å². The van der Waals surface area contributed by atoms with Crippen LogP contribution in [0, 0.1) is 0 Å². The van der Waals surface area contributed by atoms with Gasteiger partial charge in [0, 0.05) is 25.9 Å². The highest BCUT2D eigenvalue weighted by Crippen LogP contribution is 2.15. The molecule has 2 atom stereocenters. The van der Waals surface area contributed by atoms with Gasteiger partial charge < -0.3 is 36.4 Å². The van der Waals surface area contributed by atoms with Gasteiger partial charge in [0.05, 0.1) is 6.61 Å². The summed E-state index contributed by atoms with van der Waals surface area (Å²) in [5.41, 5.74) is 10.5. The molecule has 11 nitrogen and oxygen atoms in total. The van der Waals surface area contributed by atoms with Crippen LogP contribution in [0.5, 0.6) is 0 Å². The minimum atomic E-state index is -0.970. The molecule has 7 N–H and O–H groups in total. The lowest BCUT2D eigenvalue weighted by atomic mass is 10.1. The number of amides is 1. The van der Waals surface area contributed by atoms with Gasteiger partial charge in [-0.2, -0.15) is 0 Å². The molecule has 0 spiro atoms. The molecular formula is C35H70N4O7. The summed E-state index contributed by atoms with van der Waals surface area (Å²) in [6.07, 6.45) is 22.4. The van der Waals surface area contributed by atoms with Gasteiger partial charge in [-0.25, -0.2) is 4.79 Å². The van der Waals surface area contributed by atoms with Crippen molar-refractivity contribution in [1.29, 1.82) is 0 Å². The highest BCUT2D eigenvalue weighted by Gasteiger charge is 2.27. The summed E-state index contributed by atoms with van der Waals surface area (Å²) >= 11 is 0. The molecule has 0 heterocycles. The Bertz CT molecular complexity index is 763. The number of carbonyl (C=O) groups is 3. The Hall–Kier alpha value is -2.40. The second kappa shape index (κ2) is 33.9. The van der Waals surface area contributed by atoms with Gasteiger partial charge in [-0.05, 0) is 32.6 Å². The van der Waals surface area contributed by atoms with Gasteiger partial charge in [-0.15, -0.1) is 0 Å². The molecule has 1 amide bonds. The molecule has 0 aliphatic rings. The number of aliphatic carboxylic acids is 1. The van der Waals surface area contributed by atoms with Gasteiger partial charge >= 0.3 is 11.9 Å². The van der Waals surface area contributed by atoms with Crippen LogP contribution in [0.1, 0.15) is 162 Å². The van der Waals surface area contributed by atoms with E-state index in [0.29, 0.717) is 38.8 Å². The van der Waals surface area contributed by atoms with E-state index in [9.17, 15) is 19.5 Å². The van der Waals surface area contributed by atoms with E-state index in [-0.39, 0.29) is 31.0 Å². The van der Waals surface area contributed by atoms with E-state index >= 15 is 0 Å². The van der Waals surface area contributed by atoms with Gasteiger partial charge in [0.1, 0.15) is 18.8 Å². The van der Waals surface area contributed by atoms with E-state index in [1.807, 2.05) is 6.92 Å². The molecule has 11 heteroatoms. The number of unbranched alkanes of at least 4 members (excludes halogenated alkanes) is 16. The summed E-state index contributed by atoms with van der Waals surface area (Å²) in [6, 6.07) is -0.810. The number of nitrogens with zero attached hydrogens (tertiary/aromatic N) is 2. The zero-order valence-corrected chi connectivity index (χ0v) is 29.6. The first kappa shape index (κ1) is 45.7. The Labute approximate surface area is 279 Å². The van der Waals surface area contributed by atoms with Crippen molar-refractivity contribution in [2.75, 3.05) is 26.3 Å². The van der Waals surface area contributed by atoms with Gasteiger partial charge in [-0.3, -0.25) is 14.6 Å². The fraction of sp³-hybridized carbons (Fsp3) is 0.886. The number of carboxylic acid groups (broad SMARTS) is 1. The minimum absolute atomic E-state index is 0.00402. The molecular weight excluding hydrogens is 588 g/mol. The molecule has 0 aliphatic heterocycles. The van der Waals surface area contributed by atoms with E-state index in [0.717, 1.165) is 32.1 Å². The maximum absolute atomic E-state index is 12.5. The Morgan fingerprint density at radius 3 is 1.59 bits per heavy atom. The highest BCUT2D eigenvalue weighted by molar-refractivity contribution is 5.83. The summed E-state index contributed by atoms with van der Waals surface area (Å²) in [4.78, 5) is 40.6. The van der Waals surface area contributed by atoms with Gasteiger partial charge in [0.2, 0.25) is 5.91 Å². The van der Waals surface area contributed by atoms with Crippen LogP contribution in [0.15, 0.2) is 4.99 Å². The summed E-state index contributed by atoms with van der Waals surface area (Å²) < 4.78 is 4.82. The number of hydrogen-bond acceptors (Lipinski definition) is 7. The molecule has 0 aromatic rings. The zero-order chi connectivity index (χ0) is 34.8. The van der Waals surface area contributed by atoms with E-state index < -0.39 is 18.1 Å². The molecule has 0 rings (SSSR count). The second-order valence-corrected chi connectivity index (χ2v) is 12.2. The fourth-order valence-electron chi connectivity index (χ4n) is 5.10. The average Bonchev–Trinajstić information content (AvgIpc) is 3.03. The smallest absolute Gasteiger partial charge is 0.326 e. The normalized spacial score (nSPS) is 12.0. The highest BCUT2D eigenvalue weighted by atomic mass is 16.5. The SMILES string of the molecule is CCCCCCCCCCCC(=O)N(CC)[C@@H](CCCN=C(N)N)C(=O)O.CCCCCCCCCCCC(=O)OCC(O)CO. The quantitative estimate of drug-likeness (QED) is 0.0264. The zero-order valence-electron chi connectivity index (χ0n) is 29.6. The van der Waals surface area contributed by atoms with Crippen LogP contribution < -0.4 is 11.5 Å². The number of nitrogens with two attached hydrogens (primary N) is 2. The maximum Gasteiger partial charge on any atom is 0.326 e. The Morgan fingerprint density at radius 1 is 0.717 bits per heavy atom. The van der Waals surface area contributed by atoms with Crippen LogP contribution in [0.25, 0.3) is 0 Å². The van der Waals surface area contributed by atoms with Crippen LogP contribution in [0.2, 0.25) is 0 Å². The molecule has 0 saturated heterocycles.